The van der Waals surface area contributed by atoms with Crippen LogP contribution in [0.15, 0.2) is 91.0 Å². The molecule has 4 aromatic rings. The maximum Gasteiger partial charge on any atom is 0.258 e. The molecule has 0 bridgehead atoms. The van der Waals surface area contributed by atoms with E-state index in [1.54, 1.807) is 4.68 Å². The van der Waals surface area contributed by atoms with Crippen LogP contribution in [0.1, 0.15) is 27.5 Å². The van der Waals surface area contributed by atoms with Gasteiger partial charge < -0.3 is 5.32 Å². The van der Waals surface area contributed by atoms with E-state index in [-0.39, 0.29) is 12.0 Å². The van der Waals surface area contributed by atoms with Crippen LogP contribution in [0.25, 0.3) is 5.70 Å². The second-order valence-electron chi connectivity index (χ2n) is 7.09. The van der Waals surface area contributed by atoms with E-state index in [2.05, 4.69) is 26.8 Å². The first-order chi connectivity index (χ1) is 15.2. The quantitative estimate of drug-likeness (QED) is 0.510. The van der Waals surface area contributed by atoms with Gasteiger partial charge in [-0.1, -0.05) is 60.7 Å². The number of halogens is 1. The maximum absolute atomic E-state index is 13.1. The Morgan fingerprint density at radius 1 is 0.935 bits per heavy atom. The lowest BCUT2D eigenvalue weighted by Crippen LogP contribution is -2.20. The number of nitrogens with zero attached hydrogens (tertiary/aromatic N) is 3. The molecule has 3 aromatic carbocycles. The van der Waals surface area contributed by atoms with Crippen molar-refractivity contribution in [2.24, 2.45) is 0 Å². The number of fused-ring (bicyclic) bond motifs is 1. The molecule has 0 radical (unpaired) electrons. The van der Waals surface area contributed by atoms with Crippen LogP contribution in [-0.4, -0.2) is 20.7 Å². The van der Waals surface area contributed by atoms with Crippen LogP contribution in [0, 0.1) is 5.82 Å². The molecule has 0 aliphatic carbocycles. The van der Waals surface area contributed by atoms with Crippen LogP contribution in [0.3, 0.4) is 0 Å². The number of anilines is 2. The average molecular weight is 411 g/mol. The first kappa shape index (κ1) is 18.7. The van der Waals surface area contributed by atoms with E-state index in [0.717, 1.165) is 16.8 Å². The third-order valence-corrected chi connectivity index (χ3v) is 5.02. The number of carbonyl (C=O) groups is 1. The van der Waals surface area contributed by atoms with E-state index in [4.69, 9.17) is 0 Å². The Bertz CT molecular complexity index is 1250. The van der Waals surface area contributed by atoms with Crippen molar-refractivity contribution >= 4 is 23.5 Å². The fraction of sp³-hybridized carbons (Fsp3) is 0.0417. The number of carbonyl (C=O) groups excluding carboxylic acids is 1. The van der Waals surface area contributed by atoms with E-state index in [9.17, 15) is 9.18 Å². The SMILES string of the molecule is O=C(Nc1nc2n(n1)[C@H](c1ccccc1)C=C(c1ccccc1)N2)c1ccc(F)cc1. The van der Waals surface area contributed by atoms with E-state index >= 15 is 0 Å². The summed E-state index contributed by atoms with van der Waals surface area (Å²) in [5, 5.41) is 10.5. The first-order valence-electron chi connectivity index (χ1n) is 9.80. The minimum Gasteiger partial charge on any atom is -0.324 e. The zero-order valence-corrected chi connectivity index (χ0v) is 16.4. The number of hydrogen-bond donors (Lipinski definition) is 2. The van der Waals surface area contributed by atoms with Crippen LogP contribution in [0.4, 0.5) is 16.3 Å². The highest BCUT2D eigenvalue weighted by molar-refractivity contribution is 6.03. The normalized spacial score (nSPS) is 14.9. The van der Waals surface area contributed by atoms with Gasteiger partial charge in [-0.25, -0.2) is 9.07 Å². The molecule has 152 valence electrons. The molecule has 6 nitrogen and oxygen atoms in total. The minimum absolute atomic E-state index is 0.167. The summed E-state index contributed by atoms with van der Waals surface area (Å²) in [5.74, 6) is -0.123. The summed E-state index contributed by atoms with van der Waals surface area (Å²) in [6.45, 7) is 0. The molecule has 1 aromatic heterocycles. The van der Waals surface area contributed by atoms with Gasteiger partial charge in [0.05, 0.1) is 0 Å². The Morgan fingerprint density at radius 2 is 1.61 bits per heavy atom. The smallest absolute Gasteiger partial charge is 0.258 e. The van der Waals surface area contributed by atoms with Gasteiger partial charge in [-0.15, -0.1) is 5.10 Å². The predicted octanol–water partition coefficient (Wildman–Crippen LogP) is 4.73. The standard InChI is InChI=1S/C24H18FN5O/c25-19-13-11-18(12-14-19)22(31)27-23-28-24-26-20(16-7-3-1-4-8-16)15-21(30(24)29-23)17-9-5-2-6-10-17/h1-15,21H,(H2,26,27,28,29,31)/t21-/m0/s1. The second kappa shape index (κ2) is 7.87. The molecule has 0 unspecified atom stereocenters. The van der Waals surface area contributed by atoms with Crippen molar-refractivity contribution < 1.29 is 9.18 Å². The second-order valence-corrected chi connectivity index (χ2v) is 7.09. The molecule has 5 rings (SSSR count). The molecule has 1 amide bonds. The Morgan fingerprint density at radius 3 is 2.32 bits per heavy atom. The van der Waals surface area contributed by atoms with E-state index < -0.39 is 11.7 Å². The van der Waals surface area contributed by atoms with Gasteiger partial charge in [-0.3, -0.25) is 10.1 Å². The summed E-state index contributed by atoms with van der Waals surface area (Å²) in [6, 6.07) is 25.0. The number of amides is 1. The summed E-state index contributed by atoms with van der Waals surface area (Å²) >= 11 is 0. The van der Waals surface area contributed by atoms with Crippen molar-refractivity contribution in [3.05, 3.63) is 114 Å². The molecule has 31 heavy (non-hydrogen) atoms. The van der Waals surface area contributed by atoms with Gasteiger partial charge in [0.1, 0.15) is 11.9 Å². The van der Waals surface area contributed by atoms with Crippen molar-refractivity contribution in [1.29, 1.82) is 0 Å². The van der Waals surface area contributed by atoms with Crippen LogP contribution in [0.2, 0.25) is 0 Å². The molecular formula is C24H18FN5O. The number of aromatic nitrogens is 3. The van der Waals surface area contributed by atoms with Crippen LogP contribution in [-0.2, 0) is 0 Å². The predicted molar refractivity (Wildman–Crippen MR) is 117 cm³/mol. The van der Waals surface area contributed by atoms with Crippen molar-refractivity contribution in [2.75, 3.05) is 10.6 Å². The number of hydrogen-bond acceptors (Lipinski definition) is 4. The highest BCUT2D eigenvalue weighted by Gasteiger charge is 2.25. The highest BCUT2D eigenvalue weighted by atomic mass is 19.1. The molecular weight excluding hydrogens is 393 g/mol. The monoisotopic (exact) mass is 411 g/mol. The molecule has 2 N–H and O–H groups in total. The molecule has 0 saturated carbocycles. The molecule has 0 saturated heterocycles. The Labute approximate surface area is 178 Å². The van der Waals surface area contributed by atoms with Crippen molar-refractivity contribution in [1.82, 2.24) is 14.8 Å². The molecule has 0 spiro atoms. The molecule has 1 aliphatic rings. The largest absolute Gasteiger partial charge is 0.324 e. The third kappa shape index (κ3) is 3.81. The zero-order valence-electron chi connectivity index (χ0n) is 16.4. The maximum atomic E-state index is 13.1. The van der Waals surface area contributed by atoms with Gasteiger partial charge in [0.25, 0.3) is 11.9 Å². The fourth-order valence-electron chi connectivity index (χ4n) is 3.49. The molecule has 1 aliphatic heterocycles. The summed E-state index contributed by atoms with van der Waals surface area (Å²) in [5.41, 5.74) is 3.30. The molecule has 2 heterocycles. The van der Waals surface area contributed by atoms with Crippen molar-refractivity contribution in [3.8, 4) is 0 Å². The average Bonchev–Trinajstić information content (AvgIpc) is 3.22. The van der Waals surface area contributed by atoms with Crippen LogP contribution in [0.5, 0.6) is 0 Å². The highest BCUT2D eigenvalue weighted by Crippen LogP contribution is 2.33. The lowest BCUT2D eigenvalue weighted by Gasteiger charge is -2.24. The van der Waals surface area contributed by atoms with E-state index in [0.29, 0.717) is 11.5 Å². The van der Waals surface area contributed by atoms with Crippen molar-refractivity contribution in [3.63, 3.8) is 0 Å². The van der Waals surface area contributed by atoms with Gasteiger partial charge in [0.15, 0.2) is 0 Å². The summed E-state index contributed by atoms with van der Waals surface area (Å²) in [6.07, 6.45) is 2.08. The van der Waals surface area contributed by atoms with Gasteiger partial charge in [0.2, 0.25) is 5.95 Å². The van der Waals surface area contributed by atoms with E-state index in [1.807, 2.05) is 60.7 Å². The molecule has 7 heteroatoms. The number of rotatable bonds is 4. The topological polar surface area (TPSA) is 71.8 Å². The Kier molecular flexibility index (Phi) is 4.76. The van der Waals surface area contributed by atoms with Crippen LogP contribution < -0.4 is 10.6 Å². The lowest BCUT2D eigenvalue weighted by molar-refractivity contribution is 0.102. The summed E-state index contributed by atoms with van der Waals surface area (Å²) in [4.78, 5) is 17.0. The molecule has 0 fully saturated rings. The number of allylic oxidation sites excluding steroid dienone is 1. The number of benzene rings is 3. The van der Waals surface area contributed by atoms with Crippen LogP contribution >= 0.6 is 0 Å². The number of nitrogens with one attached hydrogen (secondary N) is 2. The summed E-state index contributed by atoms with van der Waals surface area (Å²) < 4.78 is 14.9. The van der Waals surface area contributed by atoms with Gasteiger partial charge in [-0.2, -0.15) is 4.98 Å². The first-order valence-corrected chi connectivity index (χ1v) is 9.80. The zero-order chi connectivity index (χ0) is 21.2. The van der Waals surface area contributed by atoms with Gasteiger partial charge in [0, 0.05) is 11.3 Å². The van der Waals surface area contributed by atoms with Gasteiger partial charge in [-0.05, 0) is 41.5 Å². The minimum atomic E-state index is -0.407. The Balaban J connectivity index is 1.49. The Hall–Kier alpha value is -4.26. The lowest BCUT2D eigenvalue weighted by atomic mass is 10.0. The molecule has 1 atom stereocenters. The third-order valence-electron chi connectivity index (χ3n) is 5.02. The van der Waals surface area contributed by atoms with E-state index in [1.165, 1.54) is 24.3 Å². The van der Waals surface area contributed by atoms with Gasteiger partial charge >= 0.3 is 0 Å². The fourth-order valence-corrected chi connectivity index (χ4v) is 3.49. The summed E-state index contributed by atoms with van der Waals surface area (Å²) in [7, 11) is 0. The van der Waals surface area contributed by atoms with Crippen molar-refractivity contribution in [2.45, 2.75) is 6.04 Å².